The number of hydrogen-bond donors (Lipinski definition) is 2. The largest absolute Gasteiger partial charge is 0.339 e. The molecule has 150 valence electrons. The minimum absolute atomic E-state index is 0.324. The predicted molar refractivity (Wildman–Crippen MR) is 118 cm³/mol. The third kappa shape index (κ3) is 4.82. The molecule has 0 saturated heterocycles. The van der Waals surface area contributed by atoms with Gasteiger partial charge in [0.05, 0.1) is 5.56 Å². The first-order valence-electron chi connectivity index (χ1n) is 9.05. The van der Waals surface area contributed by atoms with E-state index < -0.39 is 0 Å². The Hall–Kier alpha value is -3.29. The standard InChI is InChI=1S/C22H16ClFN4OS/c23-19-9-2-1-5-14(19)11-17-13-26-22(30-17)28-21(29)18-8-4-10-25-20(18)27-16-7-3-6-15(24)12-16/h1-10,12-13H,11H2,(H,25,27)(H,26,28,29). The first kappa shape index (κ1) is 20.0. The Kier molecular flexibility index (Phi) is 6.02. The van der Waals surface area contributed by atoms with E-state index in [-0.39, 0.29) is 11.7 Å². The van der Waals surface area contributed by atoms with Crippen molar-refractivity contribution in [3.63, 3.8) is 0 Å². The third-order valence-electron chi connectivity index (χ3n) is 4.24. The fourth-order valence-electron chi connectivity index (χ4n) is 2.83. The fraction of sp³-hybridized carbons (Fsp3) is 0.0455. The van der Waals surface area contributed by atoms with E-state index in [0.717, 1.165) is 10.4 Å². The van der Waals surface area contributed by atoms with Gasteiger partial charge < -0.3 is 5.32 Å². The van der Waals surface area contributed by atoms with Crippen molar-refractivity contribution >= 4 is 45.5 Å². The Bertz CT molecular complexity index is 1200. The molecular weight excluding hydrogens is 423 g/mol. The van der Waals surface area contributed by atoms with E-state index in [1.807, 2.05) is 24.3 Å². The van der Waals surface area contributed by atoms with E-state index in [9.17, 15) is 9.18 Å². The zero-order valence-corrected chi connectivity index (χ0v) is 17.2. The number of anilines is 3. The maximum Gasteiger partial charge on any atom is 0.261 e. The minimum Gasteiger partial charge on any atom is -0.339 e. The molecule has 4 rings (SSSR count). The van der Waals surface area contributed by atoms with Crippen molar-refractivity contribution in [1.82, 2.24) is 9.97 Å². The number of rotatable bonds is 6. The van der Waals surface area contributed by atoms with Crippen LogP contribution in [0.3, 0.4) is 0 Å². The highest BCUT2D eigenvalue weighted by atomic mass is 35.5. The summed E-state index contributed by atoms with van der Waals surface area (Å²) in [6.45, 7) is 0. The van der Waals surface area contributed by atoms with E-state index in [1.54, 1.807) is 36.7 Å². The number of nitrogens with one attached hydrogen (secondary N) is 2. The molecule has 0 unspecified atom stereocenters. The van der Waals surface area contributed by atoms with Crippen molar-refractivity contribution in [2.45, 2.75) is 6.42 Å². The molecule has 4 aromatic rings. The fourth-order valence-corrected chi connectivity index (χ4v) is 3.87. The summed E-state index contributed by atoms with van der Waals surface area (Å²) in [5.41, 5.74) is 1.82. The Morgan fingerprint density at radius 3 is 2.77 bits per heavy atom. The summed E-state index contributed by atoms with van der Waals surface area (Å²) in [4.78, 5) is 22.3. The predicted octanol–water partition coefficient (Wildman–Crippen LogP) is 5.92. The third-order valence-corrected chi connectivity index (χ3v) is 5.52. The molecule has 5 nitrogen and oxygen atoms in total. The van der Waals surface area contributed by atoms with Crippen molar-refractivity contribution in [3.05, 3.63) is 99.9 Å². The summed E-state index contributed by atoms with van der Waals surface area (Å²) in [5.74, 6) is -0.412. The van der Waals surface area contributed by atoms with Crippen LogP contribution < -0.4 is 10.6 Å². The van der Waals surface area contributed by atoms with Gasteiger partial charge in [0.25, 0.3) is 5.91 Å². The van der Waals surface area contributed by atoms with Crippen LogP contribution >= 0.6 is 22.9 Å². The molecule has 30 heavy (non-hydrogen) atoms. The molecule has 0 radical (unpaired) electrons. The second kappa shape index (κ2) is 9.02. The van der Waals surface area contributed by atoms with Crippen LogP contribution in [0.4, 0.5) is 21.0 Å². The van der Waals surface area contributed by atoms with Crippen LogP contribution in [-0.4, -0.2) is 15.9 Å². The molecule has 0 aliphatic heterocycles. The zero-order valence-electron chi connectivity index (χ0n) is 15.6. The molecule has 0 bridgehead atoms. The zero-order chi connectivity index (χ0) is 20.9. The van der Waals surface area contributed by atoms with Gasteiger partial charge in [0.2, 0.25) is 0 Å². The number of amides is 1. The summed E-state index contributed by atoms with van der Waals surface area (Å²) < 4.78 is 13.4. The summed E-state index contributed by atoms with van der Waals surface area (Å²) >= 11 is 7.60. The Balaban J connectivity index is 1.48. The van der Waals surface area contributed by atoms with Gasteiger partial charge >= 0.3 is 0 Å². The molecule has 0 atom stereocenters. The van der Waals surface area contributed by atoms with Gasteiger partial charge in [-0.25, -0.2) is 14.4 Å². The lowest BCUT2D eigenvalue weighted by molar-refractivity contribution is 0.102. The topological polar surface area (TPSA) is 66.9 Å². The van der Waals surface area contributed by atoms with Gasteiger partial charge in [-0.15, -0.1) is 11.3 Å². The lowest BCUT2D eigenvalue weighted by Crippen LogP contribution is -2.14. The van der Waals surface area contributed by atoms with E-state index in [4.69, 9.17) is 11.6 Å². The van der Waals surface area contributed by atoms with Crippen LogP contribution in [0.1, 0.15) is 20.8 Å². The van der Waals surface area contributed by atoms with Gasteiger partial charge in [-0.1, -0.05) is 35.9 Å². The van der Waals surface area contributed by atoms with Crippen molar-refractivity contribution < 1.29 is 9.18 Å². The average molecular weight is 439 g/mol. The van der Waals surface area contributed by atoms with Crippen molar-refractivity contribution in [3.8, 4) is 0 Å². The maximum absolute atomic E-state index is 13.4. The van der Waals surface area contributed by atoms with Gasteiger partial charge in [0.15, 0.2) is 5.13 Å². The van der Waals surface area contributed by atoms with Crippen molar-refractivity contribution in [2.75, 3.05) is 10.6 Å². The Labute approximate surface area is 181 Å². The Morgan fingerprint density at radius 1 is 1.07 bits per heavy atom. The summed E-state index contributed by atoms with van der Waals surface area (Å²) in [6, 6.07) is 16.9. The summed E-state index contributed by atoms with van der Waals surface area (Å²) in [7, 11) is 0. The molecular formula is C22H16ClFN4OS. The highest BCUT2D eigenvalue weighted by Gasteiger charge is 2.15. The summed E-state index contributed by atoms with van der Waals surface area (Å²) in [6.07, 6.45) is 3.91. The first-order valence-corrected chi connectivity index (χ1v) is 10.2. The number of carbonyl (C=O) groups is 1. The van der Waals surface area contributed by atoms with Crippen LogP contribution in [0.5, 0.6) is 0 Å². The van der Waals surface area contributed by atoms with Gasteiger partial charge in [-0.05, 0) is 42.0 Å². The van der Waals surface area contributed by atoms with Gasteiger partial charge in [-0.2, -0.15) is 0 Å². The number of aromatic nitrogens is 2. The van der Waals surface area contributed by atoms with Crippen LogP contribution in [0.15, 0.2) is 73.1 Å². The number of thiazole rings is 1. The van der Waals surface area contributed by atoms with Gasteiger partial charge in [-0.3, -0.25) is 10.1 Å². The smallest absolute Gasteiger partial charge is 0.261 e. The quantitative estimate of drug-likeness (QED) is 0.392. The maximum atomic E-state index is 13.4. The lowest BCUT2D eigenvalue weighted by Gasteiger charge is -2.10. The Morgan fingerprint density at radius 2 is 1.93 bits per heavy atom. The van der Waals surface area contributed by atoms with Crippen LogP contribution in [0.2, 0.25) is 5.02 Å². The first-order chi connectivity index (χ1) is 14.6. The number of carbonyl (C=O) groups excluding carboxylic acids is 1. The second-order valence-electron chi connectivity index (χ2n) is 6.39. The van der Waals surface area contributed by atoms with Crippen LogP contribution in [-0.2, 0) is 6.42 Å². The van der Waals surface area contributed by atoms with E-state index in [1.165, 1.54) is 23.5 Å². The molecule has 0 fully saturated rings. The number of benzene rings is 2. The van der Waals surface area contributed by atoms with Crippen LogP contribution in [0, 0.1) is 5.82 Å². The second-order valence-corrected chi connectivity index (χ2v) is 7.91. The lowest BCUT2D eigenvalue weighted by atomic mass is 10.1. The summed E-state index contributed by atoms with van der Waals surface area (Å²) in [5, 5.41) is 6.95. The number of nitrogens with zero attached hydrogens (tertiary/aromatic N) is 2. The van der Waals surface area contributed by atoms with Crippen molar-refractivity contribution in [1.29, 1.82) is 0 Å². The minimum atomic E-state index is -0.379. The van der Waals surface area contributed by atoms with Gasteiger partial charge in [0.1, 0.15) is 11.6 Å². The molecule has 2 heterocycles. The molecule has 8 heteroatoms. The molecule has 2 aromatic carbocycles. The molecule has 0 spiro atoms. The molecule has 0 saturated carbocycles. The van der Waals surface area contributed by atoms with E-state index in [0.29, 0.717) is 33.6 Å². The monoisotopic (exact) mass is 438 g/mol. The number of halogens is 2. The van der Waals surface area contributed by atoms with Gasteiger partial charge in [0, 0.05) is 34.4 Å². The normalized spacial score (nSPS) is 10.6. The molecule has 0 aliphatic carbocycles. The molecule has 0 aliphatic rings. The number of hydrogen-bond acceptors (Lipinski definition) is 5. The van der Waals surface area contributed by atoms with Crippen LogP contribution in [0.25, 0.3) is 0 Å². The van der Waals surface area contributed by atoms with Crippen molar-refractivity contribution in [2.24, 2.45) is 0 Å². The molecule has 1 amide bonds. The average Bonchev–Trinajstić information content (AvgIpc) is 3.17. The number of pyridine rings is 1. The SMILES string of the molecule is O=C(Nc1ncc(Cc2ccccc2Cl)s1)c1cccnc1Nc1cccc(F)c1. The highest BCUT2D eigenvalue weighted by Crippen LogP contribution is 2.26. The highest BCUT2D eigenvalue weighted by molar-refractivity contribution is 7.15. The molecule has 2 N–H and O–H groups in total. The van der Waals surface area contributed by atoms with E-state index >= 15 is 0 Å². The molecule has 2 aromatic heterocycles. The van der Waals surface area contributed by atoms with E-state index in [2.05, 4.69) is 20.6 Å².